The summed E-state index contributed by atoms with van der Waals surface area (Å²) >= 11 is 1.55. The first-order valence-corrected chi connectivity index (χ1v) is 10.3. The molecule has 0 bridgehead atoms. The van der Waals surface area contributed by atoms with Gasteiger partial charge in [-0.1, -0.05) is 18.2 Å². The molecule has 3 amide bonds. The van der Waals surface area contributed by atoms with Crippen LogP contribution in [0.1, 0.15) is 21.5 Å². The van der Waals surface area contributed by atoms with Crippen LogP contribution in [-0.4, -0.2) is 35.1 Å². The second kappa shape index (κ2) is 10.5. The summed E-state index contributed by atoms with van der Waals surface area (Å²) in [5, 5.41) is 18.7. The Labute approximate surface area is 178 Å². The number of nitrogens with zero attached hydrogens (tertiary/aromatic N) is 1. The van der Waals surface area contributed by atoms with Crippen molar-refractivity contribution in [3.8, 4) is 0 Å². The zero-order valence-electron chi connectivity index (χ0n) is 16.2. The van der Waals surface area contributed by atoms with Crippen LogP contribution >= 0.6 is 11.3 Å². The topological polar surface area (TPSA) is 81.7 Å². The van der Waals surface area contributed by atoms with E-state index in [9.17, 15) is 19.1 Å². The molecule has 0 unspecified atom stereocenters. The largest absolute Gasteiger partial charge is 0.395 e. The third kappa shape index (κ3) is 6.13. The van der Waals surface area contributed by atoms with Gasteiger partial charge in [0.2, 0.25) is 0 Å². The van der Waals surface area contributed by atoms with Gasteiger partial charge in [0.25, 0.3) is 5.91 Å². The lowest BCUT2D eigenvalue weighted by molar-refractivity contribution is 0.102. The lowest BCUT2D eigenvalue weighted by atomic mass is 10.1. The van der Waals surface area contributed by atoms with E-state index in [-0.39, 0.29) is 31.3 Å². The van der Waals surface area contributed by atoms with E-state index in [1.807, 2.05) is 22.9 Å². The van der Waals surface area contributed by atoms with Crippen LogP contribution in [0.15, 0.2) is 65.4 Å². The van der Waals surface area contributed by atoms with Crippen LogP contribution in [0.25, 0.3) is 0 Å². The zero-order valence-corrected chi connectivity index (χ0v) is 17.0. The molecule has 8 heteroatoms. The maximum Gasteiger partial charge on any atom is 0.318 e. The molecule has 0 saturated heterocycles. The molecule has 1 heterocycles. The summed E-state index contributed by atoms with van der Waals surface area (Å²) in [4.78, 5) is 26.3. The van der Waals surface area contributed by atoms with Crippen LogP contribution in [0.4, 0.5) is 14.9 Å². The van der Waals surface area contributed by atoms with E-state index in [1.165, 1.54) is 29.2 Å². The van der Waals surface area contributed by atoms with Gasteiger partial charge in [0, 0.05) is 30.9 Å². The van der Waals surface area contributed by atoms with E-state index in [0.717, 1.165) is 11.1 Å². The van der Waals surface area contributed by atoms with E-state index in [1.54, 1.807) is 29.5 Å². The molecule has 156 valence electrons. The third-order valence-electron chi connectivity index (χ3n) is 4.33. The summed E-state index contributed by atoms with van der Waals surface area (Å²) < 4.78 is 13.3. The highest BCUT2D eigenvalue weighted by Gasteiger charge is 2.14. The van der Waals surface area contributed by atoms with Gasteiger partial charge < -0.3 is 20.6 Å². The summed E-state index contributed by atoms with van der Waals surface area (Å²) in [6.45, 7) is 0.776. The number of benzene rings is 2. The number of urea groups is 1. The van der Waals surface area contributed by atoms with Crippen LogP contribution < -0.4 is 10.6 Å². The second-order valence-corrected chi connectivity index (χ2v) is 7.38. The molecule has 0 aliphatic rings. The number of hydrogen-bond donors (Lipinski definition) is 3. The number of halogens is 1. The molecule has 0 saturated carbocycles. The average Bonchev–Trinajstić information content (AvgIpc) is 3.25. The van der Waals surface area contributed by atoms with Crippen LogP contribution in [0.2, 0.25) is 0 Å². The van der Waals surface area contributed by atoms with Crippen molar-refractivity contribution in [3.63, 3.8) is 0 Å². The van der Waals surface area contributed by atoms with Crippen molar-refractivity contribution in [2.45, 2.75) is 13.1 Å². The molecule has 0 atom stereocenters. The summed E-state index contributed by atoms with van der Waals surface area (Å²) in [5.74, 6) is -0.894. The number of aliphatic hydroxyl groups excluding tert-OH is 1. The van der Waals surface area contributed by atoms with E-state index in [0.29, 0.717) is 12.2 Å². The van der Waals surface area contributed by atoms with Crippen molar-refractivity contribution in [3.05, 3.63) is 87.9 Å². The zero-order chi connectivity index (χ0) is 21.3. The minimum absolute atomic E-state index is 0.126. The Bertz CT molecular complexity index is 995. The van der Waals surface area contributed by atoms with E-state index in [2.05, 4.69) is 10.6 Å². The number of thiophene rings is 1. The van der Waals surface area contributed by atoms with Gasteiger partial charge in [-0.2, -0.15) is 11.3 Å². The molecule has 3 aromatic rings. The normalized spacial score (nSPS) is 10.5. The van der Waals surface area contributed by atoms with Crippen LogP contribution in [-0.2, 0) is 13.1 Å². The monoisotopic (exact) mass is 427 g/mol. The molecule has 0 spiro atoms. The molecule has 30 heavy (non-hydrogen) atoms. The van der Waals surface area contributed by atoms with Gasteiger partial charge in [-0.15, -0.1) is 0 Å². The Morgan fingerprint density at radius 1 is 1.07 bits per heavy atom. The molecule has 0 radical (unpaired) electrons. The number of hydrogen-bond acceptors (Lipinski definition) is 4. The van der Waals surface area contributed by atoms with Crippen molar-refractivity contribution < 1.29 is 19.1 Å². The minimum Gasteiger partial charge on any atom is -0.395 e. The lowest BCUT2D eigenvalue weighted by Gasteiger charge is -2.22. The molecule has 6 nitrogen and oxygen atoms in total. The first-order chi connectivity index (χ1) is 14.5. The number of nitrogens with one attached hydrogen (secondary N) is 2. The number of aliphatic hydroxyl groups is 1. The fourth-order valence-electron chi connectivity index (χ4n) is 2.86. The van der Waals surface area contributed by atoms with Crippen molar-refractivity contribution in [2.24, 2.45) is 0 Å². The number of anilines is 1. The standard InChI is InChI=1S/C22H22FN3O3S/c23-19-5-2-4-18(12-19)21(28)25-20-6-1-3-16(11-20)13-24-22(29)26(8-9-27)14-17-7-10-30-15-17/h1-7,10-12,15,27H,8-9,13-14H2,(H,24,29)(H,25,28). The first-order valence-electron chi connectivity index (χ1n) is 9.36. The molecule has 0 aliphatic carbocycles. The molecule has 0 aliphatic heterocycles. The molecule has 3 N–H and O–H groups in total. The Morgan fingerprint density at radius 3 is 2.63 bits per heavy atom. The first kappa shape index (κ1) is 21.5. The number of carbonyl (C=O) groups excluding carboxylic acids is 2. The minimum atomic E-state index is -0.478. The maximum absolute atomic E-state index is 13.3. The molecular formula is C22H22FN3O3S. The molecule has 3 rings (SSSR count). The molecule has 0 fully saturated rings. The van der Waals surface area contributed by atoms with Gasteiger partial charge in [-0.3, -0.25) is 4.79 Å². The number of amides is 3. The van der Waals surface area contributed by atoms with Gasteiger partial charge in [-0.05, 0) is 58.3 Å². The second-order valence-electron chi connectivity index (χ2n) is 6.60. The fraction of sp³-hybridized carbons (Fsp3) is 0.182. The Balaban J connectivity index is 1.58. The van der Waals surface area contributed by atoms with Crippen LogP contribution in [0, 0.1) is 5.82 Å². The molecule has 2 aromatic carbocycles. The summed E-state index contributed by atoms with van der Waals surface area (Å²) in [5.41, 5.74) is 2.56. The summed E-state index contributed by atoms with van der Waals surface area (Å²) in [6, 6.07) is 14.2. The highest BCUT2D eigenvalue weighted by molar-refractivity contribution is 7.07. The van der Waals surface area contributed by atoms with E-state index in [4.69, 9.17) is 0 Å². The highest BCUT2D eigenvalue weighted by Crippen LogP contribution is 2.14. The highest BCUT2D eigenvalue weighted by atomic mass is 32.1. The van der Waals surface area contributed by atoms with Gasteiger partial charge >= 0.3 is 6.03 Å². The predicted molar refractivity (Wildman–Crippen MR) is 115 cm³/mol. The quantitative estimate of drug-likeness (QED) is 0.511. The Hall–Kier alpha value is -3.23. The van der Waals surface area contributed by atoms with E-state index >= 15 is 0 Å². The predicted octanol–water partition coefficient (Wildman–Crippen LogP) is 3.84. The van der Waals surface area contributed by atoms with Crippen molar-refractivity contribution in [1.29, 1.82) is 0 Å². The summed E-state index contributed by atoms with van der Waals surface area (Å²) in [7, 11) is 0. The third-order valence-corrected chi connectivity index (χ3v) is 5.06. The smallest absolute Gasteiger partial charge is 0.318 e. The SMILES string of the molecule is O=C(Nc1cccc(CNC(=O)N(CCO)Cc2ccsc2)c1)c1cccc(F)c1. The van der Waals surface area contributed by atoms with Crippen molar-refractivity contribution in [1.82, 2.24) is 10.2 Å². The van der Waals surface area contributed by atoms with Gasteiger partial charge in [0.05, 0.1) is 6.61 Å². The Kier molecular flexibility index (Phi) is 7.53. The Morgan fingerprint density at radius 2 is 1.90 bits per heavy atom. The van der Waals surface area contributed by atoms with Gasteiger partial charge in [0.15, 0.2) is 0 Å². The number of carbonyl (C=O) groups is 2. The van der Waals surface area contributed by atoms with Gasteiger partial charge in [-0.25, -0.2) is 9.18 Å². The summed E-state index contributed by atoms with van der Waals surface area (Å²) in [6.07, 6.45) is 0. The van der Waals surface area contributed by atoms with Crippen molar-refractivity contribution >= 4 is 29.0 Å². The lowest BCUT2D eigenvalue weighted by Crippen LogP contribution is -2.40. The van der Waals surface area contributed by atoms with Crippen LogP contribution in [0.5, 0.6) is 0 Å². The number of rotatable bonds is 8. The fourth-order valence-corrected chi connectivity index (χ4v) is 3.52. The van der Waals surface area contributed by atoms with E-state index < -0.39 is 11.7 Å². The van der Waals surface area contributed by atoms with Crippen LogP contribution in [0.3, 0.4) is 0 Å². The molecule has 1 aromatic heterocycles. The van der Waals surface area contributed by atoms with Crippen molar-refractivity contribution in [2.75, 3.05) is 18.5 Å². The average molecular weight is 428 g/mol. The van der Waals surface area contributed by atoms with Gasteiger partial charge in [0.1, 0.15) is 5.82 Å². The molecular weight excluding hydrogens is 405 g/mol. The maximum atomic E-state index is 13.3.